The molecule has 2 atom stereocenters. The van der Waals surface area contributed by atoms with E-state index in [-0.39, 0.29) is 11.9 Å². The summed E-state index contributed by atoms with van der Waals surface area (Å²) in [6.45, 7) is 1.10. The Morgan fingerprint density at radius 3 is 2.48 bits per heavy atom. The first kappa shape index (κ1) is 17.5. The number of benzene rings is 2. The van der Waals surface area contributed by atoms with E-state index in [2.05, 4.69) is 5.32 Å². The van der Waals surface area contributed by atoms with Gasteiger partial charge < -0.3 is 15.8 Å². The third-order valence-corrected chi connectivity index (χ3v) is 4.83. The van der Waals surface area contributed by atoms with E-state index in [1.807, 2.05) is 54.6 Å². The van der Waals surface area contributed by atoms with Crippen molar-refractivity contribution in [3.8, 4) is 5.75 Å². The van der Waals surface area contributed by atoms with Crippen molar-refractivity contribution < 1.29 is 9.53 Å². The zero-order valence-corrected chi connectivity index (χ0v) is 14.5. The molecule has 4 heteroatoms. The maximum absolute atomic E-state index is 12.1. The van der Waals surface area contributed by atoms with Gasteiger partial charge in [-0.15, -0.1) is 0 Å². The Kier molecular flexibility index (Phi) is 6.07. The molecule has 1 fully saturated rings. The van der Waals surface area contributed by atoms with Crippen LogP contribution in [0.25, 0.3) is 0 Å². The van der Waals surface area contributed by atoms with Crippen LogP contribution in [0.4, 0.5) is 0 Å². The second kappa shape index (κ2) is 8.67. The molecule has 3 N–H and O–H groups in total. The lowest BCUT2D eigenvalue weighted by atomic mass is 10.00. The van der Waals surface area contributed by atoms with Crippen LogP contribution in [0.3, 0.4) is 0 Å². The van der Waals surface area contributed by atoms with E-state index in [1.54, 1.807) is 0 Å². The predicted molar refractivity (Wildman–Crippen MR) is 99.0 cm³/mol. The van der Waals surface area contributed by atoms with Gasteiger partial charge in [0.05, 0.1) is 0 Å². The monoisotopic (exact) mass is 338 g/mol. The Bertz CT molecular complexity index is 670. The normalized spacial score (nSPS) is 19.6. The minimum atomic E-state index is 0.0896. The molecule has 4 nitrogen and oxygen atoms in total. The second-order valence-corrected chi connectivity index (χ2v) is 6.75. The molecule has 0 heterocycles. The standard InChI is InChI=1S/C21H26N2O2/c22-20-8-4-7-18(20)13-21(24)23-14-16-9-11-19(12-10-16)25-15-17-5-2-1-3-6-17/h1-3,5-6,9-12,18,20H,4,7-8,13-15,22H2,(H,23,24)/t18-,20+/m0/s1. The zero-order chi connectivity index (χ0) is 17.5. The quantitative estimate of drug-likeness (QED) is 0.813. The molecule has 25 heavy (non-hydrogen) atoms. The Balaban J connectivity index is 1.42. The van der Waals surface area contributed by atoms with Crippen molar-refractivity contribution in [2.45, 2.75) is 44.9 Å². The maximum Gasteiger partial charge on any atom is 0.220 e. The van der Waals surface area contributed by atoms with Crippen molar-refractivity contribution >= 4 is 5.91 Å². The molecule has 2 aromatic rings. The average molecular weight is 338 g/mol. The van der Waals surface area contributed by atoms with Crippen molar-refractivity contribution in [3.63, 3.8) is 0 Å². The van der Waals surface area contributed by atoms with Gasteiger partial charge in [-0.1, -0.05) is 48.9 Å². The van der Waals surface area contributed by atoms with Crippen molar-refractivity contribution in [3.05, 3.63) is 65.7 Å². The lowest BCUT2D eigenvalue weighted by Crippen LogP contribution is -2.31. The number of nitrogens with two attached hydrogens (primary N) is 1. The molecule has 0 aliphatic heterocycles. The van der Waals surface area contributed by atoms with E-state index in [4.69, 9.17) is 10.5 Å². The van der Waals surface area contributed by atoms with Crippen molar-refractivity contribution in [1.29, 1.82) is 0 Å². The summed E-state index contributed by atoms with van der Waals surface area (Å²) >= 11 is 0. The van der Waals surface area contributed by atoms with Crippen LogP contribution in [0.1, 0.15) is 36.8 Å². The Morgan fingerprint density at radius 1 is 1.04 bits per heavy atom. The number of hydrogen-bond donors (Lipinski definition) is 2. The fourth-order valence-electron chi connectivity index (χ4n) is 3.27. The van der Waals surface area contributed by atoms with Gasteiger partial charge in [-0.3, -0.25) is 4.79 Å². The number of ether oxygens (including phenoxy) is 1. The van der Waals surface area contributed by atoms with Gasteiger partial charge >= 0.3 is 0 Å². The zero-order valence-electron chi connectivity index (χ0n) is 14.5. The van der Waals surface area contributed by atoms with Crippen LogP contribution < -0.4 is 15.8 Å². The highest BCUT2D eigenvalue weighted by atomic mass is 16.5. The van der Waals surface area contributed by atoms with Crippen LogP contribution in [0.2, 0.25) is 0 Å². The van der Waals surface area contributed by atoms with Crippen LogP contribution in [0, 0.1) is 5.92 Å². The number of nitrogens with one attached hydrogen (secondary N) is 1. The molecule has 1 amide bonds. The fourth-order valence-corrected chi connectivity index (χ4v) is 3.27. The molecule has 0 saturated heterocycles. The molecule has 3 rings (SSSR count). The van der Waals surface area contributed by atoms with Gasteiger partial charge in [-0.2, -0.15) is 0 Å². The molecule has 132 valence electrons. The summed E-state index contributed by atoms with van der Waals surface area (Å²) in [6, 6.07) is 18.1. The molecular weight excluding hydrogens is 312 g/mol. The van der Waals surface area contributed by atoms with Gasteiger partial charge in [0.25, 0.3) is 0 Å². The smallest absolute Gasteiger partial charge is 0.220 e. The topological polar surface area (TPSA) is 64.4 Å². The van der Waals surface area contributed by atoms with Gasteiger partial charge in [0.1, 0.15) is 12.4 Å². The van der Waals surface area contributed by atoms with Crippen molar-refractivity contribution in [1.82, 2.24) is 5.32 Å². The number of rotatable bonds is 7. The lowest BCUT2D eigenvalue weighted by Gasteiger charge is -2.14. The first-order valence-corrected chi connectivity index (χ1v) is 8.98. The Hall–Kier alpha value is -2.33. The summed E-state index contributed by atoms with van der Waals surface area (Å²) in [6.07, 6.45) is 3.80. The molecule has 0 bridgehead atoms. The van der Waals surface area contributed by atoms with Crippen LogP contribution >= 0.6 is 0 Å². The van der Waals surface area contributed by atoms with Crippen molar-refractivity contribution in [2.75, 3.05) is 0 Å². The van der Waals surface area contributed by atoms with Crippen LogP contribution in [-0.2, 0) is 17.9 Å². The average Bonchev–Trinajstić information content (AvgIpc) is 3.04. The molecule has 2 aromatic carbocycles. The van der Waals surface area contributed by atoms with Gasteiger partial charge in [0, 0.05) is 19.0 Å². The van der Waals surface area contributed by atoms with Gasteiger partial charge in [0.2, 0.25) is 5.91 Å². The molecule has 0 aromatic heterocycles. The minimum absolute atomic E-state index is 0.0896. The number of amides is 1. The fraction of sp³-hybridized carbons (Fsp3) is 0.381. The molecule has 0 spiro atoms. The molecule has 0 unspecified atom stereocenters. The van der Waals surface area contributed by atoms with E-state index in [0.29, 0.717) is 25.5 Å². The molecule has 1 aliphatic carbocycles. The Morgan fingerprint density at radius 2 is 1.80 bits per heavy atom. The summed E-state index contributed by atoms with van der Waals surface area (Å²) in [5.74, 6) is 1.26. The molecule has 1 saturated carbocycles. The minimum Gasteiger partial charge on any atom is -0.489 e. The van der Waals surface area contributed by atoms with Gasteiger partial charge in [-0.25, -0.2) is 0 Å². The largest absolute Gasteiger partial charge is 0.489 e. The van der Waals surface area contributed by atoms with Crippen LogP contribution in [0.15, 0.2) is 54.6 Å². The highest BCUT2D eigenvalue weighted by molar-refractivity contribution is 5.76. The van der Waals surface area contributed by atoms with E-state index in [9.17, 15) is 4.79 Å². The van der Waals surface area contributed by atoms with Gasteiger partial charge in [0.15, 0.2) is 0 Å². The number of carbonyl (C=O) groups excluding carboxylic acids is 1. The van der Waals surface area contributed by atoms with Crippen LogP contribution in [-0.4, -0.2) is 11.9 Å². The predicted octanol–water partition coefficient (Wildman–Crippen LogP) is 3.40. The van der Waals surface area contributed by atoms with E-state index in [0.717, 1.165) is 36.1 Å². The molecule has 0 radical (unpaired) electrons. The highest BCUT2D eigenvalue weighted by Crippen LogP contribution is 2.26. The van der Waals surface area contributed by atoms with E-state index >= 15 is 0 Å². The molecular formula is C21H26N2O2. The Labute approximate surface area is 149 Å². The highest BCUT2D eigenvalue weighted by Gasteiger charge is 2.25. The third kappa shape index (κ3) is 5.33. The third-order valence-electron chi connectivity index (χ3n) is 4.83. The van der Waals surface area contributed by atoms with Crippen LogP contribution in [0.5, 0.6) is 5.75 Å². The number of hydrogen-bond acceptors (Lipinski definition) is 3. The summed E-state index contributed by atoms with van der Waals surface area (Å²) in [5, 5.41) is 2.99. The summed E-state index contributed by atoms with van der Waals surface area (Å²) in [5.41, 5.74) is 8.24. The molecule has 1 aliphatic rings. The lowest BCUT2D eigenvalue weighted by molar-refractivity contribution is -0.122. The van der Waals surface area contributed by atoms with Crippen molar-refractivity contribution in [2.24, 2.45) is 11.7 Å². The van der Waals surface area contributed by atoms with Gasteiger partial charge in [-0.05, 0) is 42.0 Å². The van der Waals surface area contributed by atoms with E-state index < -0.39 is 0 Å². The first-order chi connectivity index (χ1) is 12.2. The number of carbonyl (C=O) groups is 1. The summed E-state index contributed by atoms with van der Waals surface area (Å²) < 4.78 is 5.77. The second-order valence-electron chi connectivity index (χ2n) is 6.75. The van der Waals surface area contributed by atoms with E-state index in [1.165, 1.54) is 0 Å². The summed E-state index contributed by atoms with van der Waals surface area (Å²) in [7, 11) is 0. The first-order valence-electron chi connectivity index (χ1n) is 8.98. The summed E-state index contributed by atoms with van der Waals surface area (Å²) in [4.78, 5) is 12.1. The maximum atomic E-state index is 12.1. The SMILES string of the molecule is N[C@@H]1CCC[C@H]1CC(=O)NCc1ccc(OCc2ccccc2)cc1.